The summed E-state index contributed by atoms with van der Waals surface area (Å²) in [4.78, 5) is 70.2. The third-order valence-corrected chi connectivity index (χ3v) is 10.8. The predicted molar refractivity (Wildman–Crippen MR) is 179 cm³/mol. The SMILES string of the molecule is CCc1cc(Br)cc2c(C(=O)OCC(=O)c3ccc([N+](=O)[O-])cc3)cc(-c3ccc(N4C(=O)C5C6C=CC(C7CC67)C5C4=O)cc3)nc12. The molecule has 2 amide bonds. The number of benzene rings is 3. The van der Waals surface area contributed by atoms with Gasteiger partial charge in [-0.1, -0.05) is 47.1 Å². The van der Waals surface area contributed by atoms with Gasteiger partial charge in [0.25, 0.3) is 5.69 Å². The maximum Gasteiger partial charge on any atom is 0.339 e. The first-order valence-corrected chi connectivity index (χ1v) is 16.7. The molecule has 10 nitrogen and oxygen atoms in total. The molecule has 2 bridgehead atoms. The number of fused-ring (bicyclic) bond motifs is 1. The first-order valence-electron chi connectivity index (χ1n) is 15.9. The molecule has 48 heavy (non-hydrogen) atoms. The second-order valence-electron chi connectivity index (χ2n) is 12.9. The monoisotopic (exact) mass is 705 g/mol. The number of nitro benzene ring substituents is 1. The Morgan fingerprint density at radius 2 is 1.60 bits per heavy atom. The molecule has 0 N–H and O–H groups in total. The number of ether oxygens (including phenoxy) is 1. The van der Waals surface area contributed by atoms with Gasteiger partial charge in [-0.25, -0.2) is 9.78 Å². The van der Waals surface area contributed by atoms with E-state index in [9.17, 15) is 29.3 Å². The van der Waals surface area contributed by atoms with E-state index < -0.39 is 23.3 Å². The summed E-state index contributed by atoms with van der Waals surface area (Å²) in [5, 5.41) is 11.5. The quantitative estimate of drug-likeness (QED) is 0.0491. The second kappa shape index (κ2) is 11.3. The highest BCUT2D eigenvalue weighted by atomic mass is 79.9. The van der Waals surface area contributed by atoms with Gasteiger partial charge in [-0.15, -0.1) is 0 Å². The minimum atomic E-state index is -0.729. The highest BCUT2D eigenvalue weighted by Crippen LogP contribution is 2.65. The highest BCUT2D eigenvalue weighted by molar-refractivity contribution is 9.10. The van der Waals surface area contributed by atoms with E-state index in [0.29, 0.717) is 46.1 Å². The van der Waals surface area contributed by atoms with Crippen LogP contribution < -0.4 is 4.90 Å². The third-order valence-electron chi connectivity index (χ3n) is 10.4. The Morgan fingerprint density at radius 1 is 0.958 bits per heavy atom. The van der Waals surface area contributed by atoms with Crippen LogP contribution in [0.1, 0.15) is 39.6 Å². The number of hydrogen-bond acceptors (Lipinski definition) is 8. The maximum absolute atomic E-state index is 13.6. The number of anilines is 1. The van der Waals surface area contributed by atoms with Gasteiger partial charge in [-0.3, -0.25) is 29.4 Å². The first-order chi connectivity index (χ1) is 23.1. The van der Waals surface area contributed by atoms with Gasteiger partial charge in [-0.2, -0.15) is 0 Å². The number of carbonyl (C=O) groups is 4. The lowest BCUT2D eigenvalue weighted by Gasteiger charge is -2.37. The summed E-state index contributed by atoms with van der Waals surface area (Å²) in [7, 11) is 0. The lowest BCUT2D eigenvalue weighted by molar-refractivity contribution is -0.384. The number of hydrogen-bond donors (Lipinski definition) is 0. The Labute approximate surface area is 283 Å². The topological polar surface area (TPSA) is 137 Å². The number of pyridine rings is 1. The normalized spacial score (nSPS) is 24.8. The minimum absolute atomic E-state index is 0.127. The van der Waals surface area contributed by atoms with Crippen LogP contribution in [0, 0.1) is 45.6 Å². The summed E-state index contributed by atoms with van der Waals surface area (Å²) in [5.74, 6) is -0.733. The number of allylic oxidation sites excluding steroid dienone is 2. The molecule has 4 aromatic rings. The van der Waals surface area contributed by atoms with E-state index in [2.05, 4.69) is 28.1 Å². The summed E-state index contributed by atoms with van der Waals surface area (Å²) in [6.45, 7) is 1.43. The number of Topliss-reactive ketones (excluding diaryl/α,β-unsaturated/α-hetero) is 1. The lowest BCUT2D eigenvalue weighted by atomic mass is 9.63. The van der Waals surface area contributed by atoms with Gasteiger partial charge >= 0.3 is 5.97 Å². The van der Waals surface area contributed by atoms with Crippen LogP contribution in [0.15, 0.2) is 83.4 Å². The molecule has 3 aromatic carbocycles. The van der Waals surface area contributed by atoms with E-state index in [0.717, 1.165) is 16.5 Å². The number of non-ortho nitro benzene ring substituents is 1. The summed E-state index contributed by atoms with van der Waals surface area (Å²) in [6, 6.07) is 17.5. The summed E-state index contributed by atoms with van der Waals surface area (Å²) >= 11 is 3.52. The Kier molecular flexibility index (Phi) is 7.13. The van der Waals surface area contributed by atoms with E-state index in [1.165, 1.54) is 29.2 Å². The Balaban J connectivity index is 1.08. The van der Waals surface area contributed by atoms with E-state index >= 15 is 0 Å². The van der Waals surface area contributed by atoms with Crippen molar-refractivity contribution < 1.29 is 28.8 Å². The number of nitro groups is 1. The van der Waals surface area contributed by atoms with Crippen molar-refractivity contribution in [3.63, 3.8) is 0 Å². The van der Waals surface area contributed by atoms with Gasteiger partial charge in [0, 0.05) is 33.1 Å². The summed E-state index contributed by atoms with van der Waals surface area (Å²) < 4.78 is 6.22. The first kappa shape index (κ1) is 30.3. The zero-order valence-electron chi connectivity index (χ0n) is 25.7. The number of amides is 2. The van der Waals surface area contributed by atoms with Crippen molar-refractivity contribution in [2.75, 3.05) is 11.5 Å². The molecule has 5 aliphatic rings. The standard InChI is InChI=1S/C37H28BrN3O7/c1-2-18-13-21(38)14-28-29(37(45)48-17-31(42)20-5-9-23(10-6-20)41(46)47)16-30(39-34(18)28)19-3-7-22(8-4-19)40-35(43)32-24-11-12-25(27-15-26(24)27)33(32)36(40)44/h3-14,16,24-27,32-33H,2,15,17H2,1H3. The van der Waals surface area contributed by atoms with Crippen molar-refractivity contribution in [3.05, 3.63) is 110 Å². The summed E-state index contributed by atoms with van der Waals surface area (Å²) in [6.07, 6.45) is 6.05. The van der Waals surface area contributed by atoms with Crippen LogP contribution in [-0.4, -0.2) is 40.1 Å². The Morgan fingerprint density at radius 3 is 2.21 bits per heavy atom. The molecule has 1 aromatic heterocycles. The van der Waals surface area contributed by atoms with Gasteiger partial charge in [-0.05, 0) is 84.5 Å². The zero-order valence-corrected chi connectivity index (χ0v) is 27.3. The fraction of sp³-hybridized carbons (Fsp3) is 0.270. The largest absolute Gasteiger partial charge is 0.454 e. The molecule has 240 valence electrons. The number of aromatic nitrogens is 1. The predicted octanol–water partition coefficient (Wildman–Crippen LogP) is 6.73. The Bertz CT molecular complexity index is 2070. The van der Waals surface area contributed by atoms with Crippen molar-refractivity contribution in [1.29, 1.82) is 0 Å². The smallest absolute Gasteiger partial charge is 0.339 e. The highest BCUT2D eigenvalue weighted by Gasteiger charge is 2.67. The number of carbonyl (C=O) groups excluding carboxylic acids is 4. The van der Waals surface area contributed by atoms with E-state index in [-0.39, 0.29) is 52.3 Å². The minimum Gasteiger partial charge on any atom is -0.454 e. The number of aryl methyl sites for hydroxylation is 1. The molecule has 4 aliphatic carbocycles. The molecule has 1 aliphatic heterocycles. The van der Waals surface area contributed by atoms with Crippen LogP contribution in [0.2, 0.25) is 0 Å². The fourth-order valence-electron chi connectivity index (χ4n) is 8.00. The number of esters is 1. The number of imide groups is 1. The summed E-state index contributed by atoms with van der Waals surface area (Å²) in [5.41, 5.74) is 3.40. The molecule has 1 saturated heterocycles. The molecule has 3 fully saturated rings. The molecule has 6 unspecified atom stereocenters. The average molecular weight is 707 g/mol. The molecular formula is C37H28BrN3O7. The number of halogens is 1. The lowest BCUT2D eigenvalue weighted by Crippen LogP contribution is -2.40. The van der Waals surface area contributed by atoms with Crippen LogP contribution >= 0.6 is 15.9 Å². The molecule has 2 heterocycles. The van der Waals surface area contributed by atoms with Gasteiger partial charge in [0.1, 0.15) is 0 Å². The molecule has 0 spiro atoms. The van der Waals surface area contributed by atoms with Gasteiger partial charge in [0.05, 0.1) is 39.2 Å². The molecule has 6 atom stereocenters. The van der Waals surface area contributed by atoms with Crippen molar-refractivity contribution in [2.45, 2.75) is 19.8 Å². The van der Waals surface area contributed by atoms with Crippen molar-refractivity contribution in [2.24, 2.45) is 35.5 Å². The number of nitrogens with zero attached hydrogens (tertiary/aromatic N) is 3. The maximum atomic E-state index is 13.6. The van der Waals surface area contributed by atoms with Crippen molar-refractivity contribution >= 4 is 61.8 Å². The van der Waals surface area contributed by atoms with Gasteiger partial charge < -0.3 is 4.74 Å². The van der Waals surface area contributed by atoms with Gasteiger partial charge in [0.2, 0.25) is 11.8 Å². The molecule has 2 saturated carbocycles. The molecule has 9 rings (SSSR count). The number of ketones is 1. The van der Waals surface area contributed by atoms with Crippen LogP contribution in [0.3, 0.4) is 0 Å². The third kappa shape index (κ3) is 4.78. The van der Waals surface area contributed by atoms with Crippen LogP contribution in [0.25, 0.3) is 22.2 Å². The molecule has 11 heteroatoms. The Hall–Kier alpha value is -5.03. The number of rotatable bonds is 8. The van der Waals surface area contributed by atoms with Crippen LogP contribution in [0.5, 0.6) is 0 Å². The van der Waals surface area contributed by atoms with Crippen molar-refractivity contribution in [3.8, 4) is 11.3 Å². The van der Waals surface area contributed by atoms with Crippen LogP contribution in [-0.2, 0) is 20.7 Å². The van der Waals surface area contributed by atoms with E-state index in [1.54, 1.807) is 36.4 Å². The zero-order chi connectivity index (χ0) is 33.4. The fourth-order valence-corrected chi connectivity index (χ4v) is 8.51. The van der Waals surface area contributed by atoms with E-state index in [4.69, 9.17) is 9.72 Å². The van der Waals surface area contributed by atoms with Gasteiger partial charge in [0.15, 0.2) is 12.4 Å². The molecular weight excluding hydrogens is 678 g/mol. The van der Waals surface area contributed by atoms with Crippen molar-refractivity contribution in [1.82, 2.24) is 4.98 Å². The van der Waals surface area contributed by atoms with Crippen LogP contribution in [0.4, 0.5) is 11.4 Å². The molecule has 0 radical (unpaired) electrons. The average Bonchev–Trinajstić information content (AvgIpc) is 3.88. The second-order valence-corrected chi connectivity index (χ2v) is 13.8. The van der Waals surface area contributed by atoms with E-state index in [1.807, 2.05) is 13.0 Å².